The largest absolute Gasteiger partial charge is 0.394 e. The lowest BCUT2D eigenvalue weighted by molar-refractivity contribution is -0.277. The Labute approximate surface area is 96.0 Å². The molecule has 4 atom stereocenters. The van der Waals surface area contributed by atoms with Gasteiger partial charge >= 0.3 is 0 Å². The minimum Gasteiger partial charge on any atom is -0.394 e. The van der Waals surface area contributed by atoms with Gasteiger partial charge in [-0.1, -0.05) is 0 Å². The van der Waals surface area contributed by atoms with Gasteiger partial charge in [-0.15, -0.1) is 0 Å². The average Bonchev–Trinajstić information content (AvgIpc) is 2.18. The number of hydrogen-bond acceptors (Lipinski definition) is 5. The standard InChI is InChI=1S/C11H22O5/c1-6(2)15-9-7(5-12)16-11(3,4)10(14)8(9)13/h6-10,12-14H,5H2,1-4H3. The summed E-state index contributed by atoms with van der Waals surface area (Å²) in [6.07, 6.45) is -3.50. The molecule has 0 aliphatic carbocycles. The van der Waals surface area contributed by atoms with E-state index in [-0.39, 0.29) is 12.7 Å². The minimum absolute atomic E-state index is 0.106. The first kappa shape index (κ1) is 13.9. The predicted molar refractivity (Wildman–Crippen MR) is 58.1 cm³/mol. The average molecular weight is 234 g/mol. The van der Waals surface area contributed by atoms with Crippen LogP contribution in [0.2, 0.25) is 0 Å². The van der Waals surface area contributed by atoms with Crippen LogP contribution in [0.25, 0.3) is 0 Å². The molecule has 0 amide bonds. The number of aliphatic hydroxyl groups excluding tert-OH is 3. The van der Waals surface area contributed by atoms with Gasteiger partial charge in [0, 0.05) is 0 Å². The molecule has 5 nitrogen and oxygen atoms in total. The van der Waals surface area contributed by atoms with Crippen LogP contribution in [0.1, 0.15) is 27.7 Å². The summed E-state index contributed by atoms with van der Waals surface area (Å²) >= 11 is 0. The molecule has 1 fully saturated rings. The molecule has 0 aromatic carbocycles. The third-order valence-electron chi connectivity index (χ3n) is 2.80. The van der Waals surface area contributed by atoms with Crippen LogP contribution in [0.3, 0.4) is 0 Å². The van der Waals surface area contributed by atoms with Gasteiger partial charge in [-0.3, -0.25) is 0 Å². The zero-order valence-electron chi connectivity index (χ0n) is 10.3. The molecule has 0 aromatic rings. The monoisotopic (exact) mass is 234 g/mol. The maximum atomic E-state index is 9.96. The summed E-state index contributed by atoms with van der Waals surface area (Å²) in [5.74, 6) is 0. The number of hydrogen-bond donors (Lipinski definition) is 3. The predicted octanol–water partition coefficient (Wildman–Crippen LogP) is -0.329. The van der Waals surface area contributed by atoms with Gasteiger partial charge in [0.15, 0.2) is 0 Å². The van der Waals surface area contributed by atoms with Crippen LogP contribution < -0.4 is 0 Å². The highest BCUT2D eigenvalue weighted by atomic mass is 16.6. The lowest BCUT2D eigenvalue weighted by Crippen LogP contribution is -2.63. The first-order valence-electron chi connectivity index (χ1n) is 5.60. The Hall–Kier alpha value is -0.200. The van der Waals surface area contributed by atoms with Crippen molar-refractivity contribution >= 4 is 0 Å². The van der Waals surface area contributed by atoms with Gasteiger partial charge < -0.3 is 24.8 Å². The molecule has 4 unspecified atom stereocenters. The van der Waals surface area contributed by atoms with Crippen LogP contribution in [0.5, 0.6) is 0 Å². The molecular formula is C11H22O5. The summed E-state index contributed by atoms with van der Waals surface area (Å²) in [6, 6.07) is 0. The lowest BCUT2D eigenvalue weighted by Gasteiger charge is -2.47. The van der Waals surface area contributed by atoms with E-state index in [9.17, 15) is 15.3 Å². The van der Waals surface area contributed by atoms with E-state index in [2.05, 4.69) is 0 Å². The Balaban J connectivity index is 2.82. The molecule has 0 saturated carbocycles. The second-order valence-corrected chi connectivity index (χ2v) is 5.03. The quantitative estimate of drug-likeness (QED) is 0.623. The third-order valence-corrected chi connectivity index (χ3v) is 2.80. The molecule has 1 aliphatic heterocycles. The van der Waals surface area contributed by atoms with E-state index in [0.717, 1.165) is 0 Å². The van der Waals surface area contributed by atoms with Crippen LogP contribution in [0.4, 0.5) is 0 Å². The van der Waals surface area contributed by atoms with Crippen LogP contribution >= 0.6 is 0 Å². The number of rotatable bonds is 3. The maximum absolute atomic E-state index is 9.96. The summed E-state index contributed by atoms with van der Waals surface area (Å²) < 4.78 is 11.0. The molecule has 1 heterocycles. The summed E-state index contributed by atoms with van der Waals surface area (Å²) in [5.41, 5.74) is -0.885. The van der Waals surface area contributed by atoms with E-state index in [1.807, 2.05) is 13.8 Å². The van der Waals surface area contributed by atoms with E-state index in [1.54, 1.807) is 13.8 Å². The highest BCUT2D eigenvalue weighted by Crippen LogP contribution is 2.31. The molecular weight excluding hydrogens is 212 g/mol. The molecule has 1 saturated heterocycles. The minimum atomic E-state index is -1.05. The van der Waals surface area contributed by atoms with Gasteiger partial charge in [0.25, 0.3) is 0 Å². The molecule has 0 aromatic heterocycles. The molecule has 16 heavy (non-hydrogen) atoms. The molecule has 0 spiro atoms. The van der Waals surface area contributed by atoms with E-state index >= 15 is 0 Å². The molecule has 1 aliphatic rings. The Morgan fingerprint density at radius 1 is 1.31 bits per heavy atom. The van der Waals surface area contributed by atoms with Crippen LogP contribution in [-0.2, 0) is 9.47 Å². The fourth-order valence-corrected chi connectivity index (χ4v) is 1.96. The molecule has 3 N–H and O–H groups in total. The van der Waals surface area contributed by atoms with Gasteiger partial charge in [0.2, 0.25) is 0 Å². The van der Waals surface area contributed by atoms with Crippen LogP contribution in [0.15, 0.2) is 0 Å². The van der Waals surface area contributed by atoms with Crippen molar-refractivity contribution in [2.45, 2.75) is 63.8 Å². The maximum Gasteiger partial charge on any atom is 0.115 e. The second kappa shape index (κ2) is 4.98. The van der Waals surface area contributed by atoms with Crippen molar-refractivity contribution in [2.75, 3.05) is 6.61 Å². The molecule has 0 bridgehead atoms. The second-order valence-electron chi connectivity index (χ2n) is 5.03. The van der Waals surface area contributed by atoms with E-state index in [1.165, 1.54) is 0 Å². The summed E-state index contributed by atoms with van der Waals surface area (Å²) in [7, 11) is 0. The Kier molecular flexibility index (Phi) is 4.31. The third kappa shape index (κ3) is 2.73. The SMILES string of the molecule is CC(C)OC1C(CO)OC(C)(C)C(O)C1O. The van der Waals surface area contributed by atoms with Crippen molar-refractivity contribution in [1.29, 1.82) is 0 Å². The molecule has 0 radical (unpaired) electrons. The number of ether oxygens (including phenoxy) is 2. The molecule has 1 rings (SSSR count). The molecule has 5 heteroatoms. The van der Waals surface area contributed by atoms with E-state index in [4.69, 9.17) is 9.47 Å². The highest BCUT2D eigenvalue weighted by molar-refractivity contribution is 4.98. The van der Waals surface area contributed by atoms with Crippen LogP contribution in [0, 0.1) is 0 Å². The first-order chi connectivity index (χ1) is 7.29. The number of aliphatic hydroxyl groups is 3. The fourth-order valence-electron chi connectivity index (χ4n) is 1.96. The van der Waals surface area contributed by atoms with Crippen molar-refractivity contribution in [3.05, 3.63) is 0 Å². The zero-order chi connectivity index (χ0) is 12.5. The van der Waals surface area contributed by atoms with Gasteiger partial charge in [-0.25, -0.2) is 0 Å². The van der Waals surface area contributed by atoms with Gasteiger partial charge in [-0.05, 0) is 27.7 Å². The van der Waals surface area contributed by atoms with Crippen molar-refractivity contribution in [3.63, 3.8) is 0 Å². The fraction of sp³-hybridized carbons (Fsp3) is 1.00. The van der Waals surface area contributed by atoms with Crippen molar-refractivity contribution in [1.82, 2.24) is 0 Å². The summed E-state index contributed by atoms with van der Waals surface area (Å²) in [4.78, 5) is 0. The highest BCUT2D eigenvalue weighted by Gasteiger charge is 2.49. The molecule has 96 valence electrons. The van der Waals surface area contributed by atoms with Crippen molar-refractivity contribution < 1.29 is 24.8 Å². The first-order valence-corrected chi connectivity index (χ1v) is 5.60. The van der Waals surface area contributed by atoms with Gasteiger partial charge in [0.05, 0.1) is 18.3 Å². The Morgan fingerprint density at radius 2 is 1.88 bits per heavy atom. The Bertz CT molecular complexity index is 226. The van der Waals surface area contributed by atoms with E-state index < -0.39 is 30.0 Å². The topological polar surface area (TPSA) is 79.2 Å². The van der Waals surface area contributed by atoms with Gasteiger partial charge in [-0.2, -0.15) is 0 Å². The Morgan fingerprint density at radius 3 is 2.31 bits per heavy atom. The summed E-state index contributed by atoms with van der Waals surface area (Å²) in [6.45, 7) is 6.76. The van der Waals surface area contributed by atoms with Crippen molar-refractivity contribution in [3.8, 4) is 0 Å². The lowest BCUT2D eigenvalue weighted by atomic mass is 9.87. The normalized spacial score (nSPS) is 39.0. The smallest absolute Gasteiger partial charge is 0.115 e. The summed E-state index contributed by atoms with van der Waals surface area (Å²) in [5, 5.41) is 29.0. The van der Waals surface area contributed by atoms with Gasteiger partial charge in [0.1, 0.15) is 24.4 Å². The van der Waals surface area contributed by atoms with Crippen LogP contribution in [-0.4, -0.2) is 58.0 Å². The van der Waals surface area contributed by atoms with Crippen molar-refractivity contribution in [2.24, 2.45) is 0 Å². The van der Waals surface area contributed by atoms with E-state index in [0.29, 0.717) is 0 Å². The zero-order valence-corrected chi connectivity index (χ0v) is 10.3.